The number of rotatable bonds is 19. The van der Waals surface area contributed by atoms with Gasteiger partial charge in [0.2, 0.25) is 5.13 Å². The van der Waals surface area contributed by atoms with E-state index in [1.165, 1.54) is 34.0 Å². The van der Waals surface area contributed by atoms with Crippen molar-refractivity contribution in [3.8, 4) is 0 Å². The first-order valence-electron chi connectivity index (χ1n) is 21.4. The number of aliphatic imine (C=N–C) groups is 1. The number of hydrogen-bond acceptors (Lipinski definition) is 24. The molecule has 32 heteroatoms. The second-order valence-corrected chi connectivity index (χ2v) is 20.9. The van der Waals surface area contributed by atoms with E-state index in [0.717, 1.165) is 17.7 Å². The zero-order chi connectivity index (χ0) is 52.0. The number of ether oxygens (including phenoxy) is 1. The predicted octanol–water partition coefficient (Wildman–Crippen LogP) is 0.0821. The summed E-state index contributed by atoms with van der Waals surface area (Å²) in [7, 11) is -11.3. The molecule has 2 aromatic carbocycles. The number of anilines is 4. The Hall–Kier alpha value is -6.08. The summed E-state index contributed by atoms with van der Waals surface area (Å²) in [4.78, 5) is 91.4. The number of imide groups is 1. The first-order valence-corrected chi connectivity index (χ1v) is 25.2. The number of aryl methyl sites for hydroxylation is 3. The number of phosphoric ester groups is 2. The van der Waals surface area contributed by atoms with Gasteiger partial charge in [0.25, 0.3) is 11.8 Å². The number of aliphatic hydroxyl groups excluding tert-OH is 5. The molecule has 0 saturated carbocycles. The van der Waals surface area contributed by atoms with Crippen LogP contribution in [-0.2, 0) is 36.8 Å². The van der Waals surface area contributed by atoms with Crippen LogP contribution < -0.4 is 26.6 Å². The Morgan fingerprint density at radius 3 is 2.47 bits per heavy atom. The molecule has 0 spiro atoms. The van der Waals surface area contributed by atoms with Gasteiger partial charge in [0.05, 0.1) is 37.5 Å². The molecule has 11 atom stereocenters. The Labute approximate surface area is 409 Å². The van der Waals surface area contributed by atoms with Crippen molar-refractivity contribution in [3.05, 3.63) is 76.3 Å². The van der Waals surface area contributed by atoms with Crippen LogP contribution in [0.15, 0.2) is 54.0 Å². The van der Waals surface area contributed by atoms with E-state index < -0.39 is 114 Å². The highest BCUT2D eigenvalue weighted by atomic mass is 32.1. The summed E-state index contributed by atoms with van der Waals surface area (Å²) in [5.41, 5.74) is 6.09. The zero-order valence-corrected chi connectivity index (χ0v) is 40.4. The number of phosphoric acid groups is 2. The van der Waals surface area contributed by atoms with Gasteiger partial charge in [-0.3, -0.25) is 33.8 Å². The van der Waals surface area contributed by atoms with Crippen LogP contribution in [0.1, 0.15) is 50.6 Å². The number of nitrogen functional groups attached to an aromatic ring is 1. The zero-order valence-electron chi connectivity index (χ0n) is 37.8. The lowest BCUT2D eigenvalue weighted by atomic mass is 9.72. The third-order valence-corrected chi connectivity index (χ3v) is 15.3. The van der Waals surface area contributed by atoms with Crippen LogP contribution in [0.25, 0.3) is 11.2 Å². The number of aromatic nitrogens is 6. The monoisotopic (exact) mass is 1060 g/mol. The molecule has 72 heavy (non-hydrogen) atoms. The summed E-state index contributed by atoms with van der Waals surface area (Å²) < 4.78 is 46.3. The molecule has 2 unspecified atom stereocenters. The summed E-state index contributed by atoms with van der Waals surface area (Å²) in [5.74, 6) is -3.17. The number of nitrogens with one attached hydrogen (secondary N) is 3. The Morgan fingerprint density at radius 2 is 1.75 bits per heavy atom. The number of benzene rings is 2. The number of fused-ring (bicyclic) bond motifs is 3. The maximum atomic E-state index is 14.4. The van der Waals surface area contributed by atoms with Gasteiger partial charge >= 0.3 is 21.7 Å². The van der Waals surface area contributed by atoms with E-state index in [0.29, 0.717) is 22.4 Å². The fourth-order valence-corrected chi connectivity index (χ4v) is 11.0. The molecule has 1 fully saturated rings. The maximum Gasteiger partial charge on any atom is 0.481 e. The highest BCUT2D eigenvalue weighted by Gasteiger charge is 2.58. The lowest BCUT2D eigenvalue weighted by molar-refractivity contribution is -0.123. The van der Waals surface area contributed by atoms with Crippen LogP contribution in [0.2, 0.25) is 0 Å². The number of imidazole rings is 1. The number of β-amino-alcohol motifs (C(OH)–C–C–N with tert-alkyl or cyclic N) is 1. The number of nitrogens with two attached hydrogens (primary N) is 1. The predicted molar refractivity (Wildman–Crippen MR) is 249 cm³/mol. The van der Waals surface area contributed by atoms with Crippen molar-refractivity contribution in [3.63, 3.8) is 0 Å². The third kappa shape index (κ3) is 10.4. The molecular weight excluding hydrogens is 1010 g/mol. The Balaban J connectivity index is 0.971. The van der Waals surface area contributed by atoms with Gasteiger partial charge in [-0.05, 0) is 61.7 Å². The van der Waals surface area contributed by atoms with E-state index in [2.05, 4.69) is 54.9 Å². The van der Waals surface area contributed by atoms with Gasteiger partial charge < -0.3 is 60.8 Å². The highest BCUT2D eigenvalue weighted by Crippen LogP contribution is 2.60. The maximum absolute atomic E-state index is 14.4. The second kappa shape index (κ2) is 20.4. The number of amides is 4. The van der Waals surface area contributed by atoms with Crippen LogP contribution in [0, 0.1) is 20.8 Å². The number of aliphatic hydroxyl groups is 5. The Morgan fingerprint density at radius 1 is 1.01 bits per heavy atom. The van der Waals surface area contributed by atoms with Crippen molar-refractivity contribution >= 4 is 90.4 Å². The van der Waals surface area contributed by atoms with E-state index in [1.807, 2.05) is 0 Å². The largest absolute Gasteiger partial charge is 0.481 e. The van der Waals surface area contributed by atoms with Crippen LogP contribution in [0.4, 0.5) is 27.1 Å². The van der Waals surface area contributed by atoms with Crippen molar-refractivity contribution in [2.75, 3.05) is 41.0 Å². The average molecular weight is 1060 g/mol. The molecule has 0 radical (unpaired) electrons. The Kier molecular flexibility index (Phi) is 14.8. The number of carbonyl (C=O) groups excluding carboxylic acids is 4. The summed E-state index contributed by atoms with van der Waals surface area (Å²) >= 11 is 1.13. The van der Waals surface area contributed by atoms with E-state index >= 15 is 0 Å². The lowest BCUT2D eigenvalue weighted by Crippen LogP contribution is -2.71. The lowest BCUT2D eigenvalue weighted by Gasteiger charge is -2.50. The van der Waals surface area contributed by atoms with E-state index in [1.54, 1.807) is 39.0 Å². The van der Waals surface area contributed by atoms with Gasteiger partial charge in [-0.2, -0.15) is 9.30 Å². The van der Waals surface area contributed by atoms with Crippen molar-refractivity contribution < 1.29 is 81.7 Å². The van der Waals surface area contributed by atoms with Gasteiger partial charge in [-0.1, -0.05) is 23.5 Å². The Bertz CT molecular complexity index is 3070. The van der Waals surface area contributed by atoms with E-state index in [-0.39, 0.29) is 50.5 Å². The second-order valence-electron chi connectivity index (χ2n) is 16.7. The summed E-state index contributed by atoms with van der Waals surface area (Å²) in [6, 6.07) is 8.11. The number of urea groups is 1. The molecule has 3 aliphatic heterocycles. The molecule has 0 bridgehead atoms. The molecule has 12 N–H and O–H groups in total. The molecule has 29 nitrogen and oxygen atoms in total. The molecule has 6 heterocycles. The van der Waals surface area contributed by atoms with Gasteiger partial charge in [0.15, 0.2) is 29.1 Å². The average Bonchev–Trinajstić information content (AvgIpc) is 4.03. The first-order chi connectivity index (χ1) is 34.0. The minimum atomic E-state index is -5.68. The minimum Gasteiger partial charge on any atom is -0.388 e. The fraction of sp³-hybridized carbons (Fsp3) is 0.400. The van der Waals surface area contributed by atoms with Gasteiger partial charge in [-0.15, -0.1) is 10.2 Å². The SMILES string of the molecule is Cc1nnc(NC(=O)c2cccc([C@@H](CC=O)[C@]34Nc5cc(C)c(C)cc5N(C[C@@H](O)[C@H](O)[C@@H](O)COP(=O)(O)OP(=O)(O)OC[C@H]5O[C@@H](n6cnc7c(N)ncnc76)[C@H](O)[C@@H]5O)C3=NC(=O)NC4=O)c2)s1. The molecule has 3 aliphatic rings. The molecule has 8 rings (SSSR count). The van der Waals surface area contributed by atoms with Crippen molar-refractivity contribution in [2.24, 2.45) is 4.99 Å². The van der Waals surface area contributed by atoms with Crippen LogP contribution in [-0.4, -0.2) is 157 Å². The summed E-state index contributed by atoms with van der Waals surface area (Å²) in [6.45, 7) is 2.12. The molecular formula is C40H46N12O17P2S. The highest BCUT2D eigenvalue weighted by molar-refractivity contribution is 7.61. The van der Waals surface area contributed by atoms with Crippen molar-refractivity contribution in [2.45, 2.75) is 81.5 Å². The number of nitrogens with zero attached hydrogens (tertiary/aromatic N) is 8. The normalized spacial score (nSPS) is 24.1. The van der Waals surface area contributed by atoms with E-state index in [9.17, 15) is 63.6 Å². The quantitative estimate of drug-likeness (QED) is 0.0385. The molecule has 1 saturated heterocycles. The molecule has 5 aromatic rings. The summed E-state index contributed by atoms with van der Waals surface area (Å²) in [5, 5.41) is 71.6. The standard InChI is InChI=1S/C40H46N12O17P2S/c1-17-9-23-24(10-18(17)2)51(36-40(48-23,37(60)47-38(61)46-36)22(7-8-53)20-5-4-6-21(11-20)34(59)45-39-50-49-19(3)72-39)12-25(54)29(56)26(55)13-66-70(62,63)69-71(64,65)67-14-27-30(57)31(58)35(68-27)52-16-44-28-32(41)42-15-43-33(28)52/h4-6,8-11,15-16,22,25-27,29-31,35,48,54-58H,7,12-14H2,1-3H3,(H,62,63)(H,64,65)(H2,41,42,43)(H,45,50,59)(H,47,60,61)/t22-,25-,26+,27-,29+,30-,31-,35-,40+/m1/s1. The van der Waals surface area contributed by atoms with Gasteiger partial charge in [-0.25, -0.2) is 28.9 Å². The fourth-order valence-electron chi connectivity index (χ4n) is 8.32. The topological polar surface area (TPSA) is 428 Å². The molecule has 0 aliphatic carbocycles. The molecule has 384 valence electrons. The number of aldehydes is 1. The third-order valence-electron chi connectivity index (χ3n) is 12.0. The minimum absolute atomic E-state index is 0.00894. The van der Waals surface area contributed by atoms with Crippen LogP contribution >= 0.6 is 27.0 Å². The van der Waals surface area contributed by atoms with Gasteiger partial charge in [0.1, 0.15) is 59.8 Å². The number of amidine groups is 1. The molecule has 4 amide bonds. The van der Waals surface area contributed by atoms with Crippen molar-refractivity contribution in [1.82, 2.24) is 35.0 Å². The van der Waals surface area contributed by atoms with Crippen LogP contribution in [0.5, 0.6) is 0 Å². The number of carbonyl (C=O) groups is 4. The number of hydrogen-bond donors (Lipinski definition) is 11. The van der Waals surface area contributed by atoms with Crippen LogP contribution in [0.3, 0.4) is 0 Å². The van der Waals surface area contributed by atoms with Crippen molar-refractivity contribution in [1.29, 1.82) is 0 Å². The van der Waals surface area contributed by atoms with Gasteiger partial charge in [0, 0.05) is 17.9 Å². The molecule has 3 aromatic heterocycles. The summed E-state index contributed by atoms with van der Waals surface area (Å²) in [6.07, 6.45) is -10.5. The van der Waals surface area contributed by atoms with E-state index in [4.69, 9.17) is 15.0 Å². The smallest absolute Gasteiger partial charge is 0.388 e. The first kappa shape index (κ1) is 52.2.